The van der Waals surface area contributed by atoms with Crippen molar-refractivity contribution in [2.75, 3.05) is 12.3 Å². The molecule has 32 heavy (non-hydrogen) atoms. The molecule has 0 aliphatic carbocycles. The predicted octanol–water partition coefficient (Wildman–Crippen LogP) is -3.74. The molecule has 0 heterocycles. The zero-order chi connectivity index (χ0) is 24.8. The van der Waals surface area contributed by atoms with Crippen molar-refractivity contribution in [3.63, 3.8) is 0 Å². The van der Waals surface area contributed by atoms with Gasteiger partial charge in [0.05, 0.1) is 18.9 Å². The fraction of sp³-hybridized carbons (Fsp3) is 0.647. The van der Waals surface area contributed by atoms with Crippen LogP contribution in [0.2, 0.25) is 0 Å². The van der Waals surface area contributed by atoms with Gasteiger partial charge in [-0.25, -0.2) is 4.79 Å². The van der Waals surface area contributed by atoms with Gasteiger partial charge in [-0.3, -0.25) is 24.0 Å². The van der Waals surface area contributed by atoms with Crippen LogP contribution in [0.1, 0.15) is 32.1 Å². The van der Waals surface area contributed by atoms with E-state index in [-0.39, 0.29) is 12.2 Å². The molecule has 11 N–H and O–H groups in total. The van der Waals surface area contributed by atoms with E-state index in [2.05, 4.69) is 23.3 Å². The molecule has 0 saturated carbocycles. The Morgan fingerprint density at radius 2 is 1.31 bits per heavy atom. The SMILES string of the molecule is NCCCCC(N)C(=O)NC(CC(N)=O)C(=O)NC(CC(=O)O)C(=O)NC(CS)C(=O)O. The minimum atomic E-state index is -1.70. The average Bonchev–Trinajstić information content (AvgIpc) is 2.69. The number of aliphatic carboxylic acids is 2. The zero-order valence-electron chi connectivity index (χ0n) is 17.3. The third-order valence-electron chi connectivity index (χ3n) is 4.15. The van der Waals surface area contributed by atoms with E-state index in [4.69, 9.17) is 27.4 Å². The summed E-state index contributed by atoms with van der Waals surface area (Å²) in [6.45, 7) is 0.407. The Morgan fingerprint density at radius 1 is 0.812 bits per heavy atom. The van der Waals surface area contributed by atoms with Crippen molar-refractivity contribution in [1.82, 2.24) is 16.0 Å². The molecule has 0 aliphatic heterocycles. The van der Waals surface area contributed by atoms with Gasteiger partial charge in [0.1, 0.15) is 18.1 Å². The lowest BCUT2D eigenvalue weighted by atomic mass is 10.1. The Morgan fingerprint density at radius 3 is 1.75 bits per heavy atom. The van der Waals surface area contributed by atoms with Crippen molar-refractivity contribution in [3.05, 3.63) is 0 Å². The number of rotatable bonds is 16. The van der Waals surface area contributed by atoms with E-state index < -0.39 is 72.6 Å². The van der Waals surface area contributed by atoms with Crippen molar-refractivity contribution >= 4 is 48.2 Å². The van der Waals surface area contributed by atoms with Gasteiger partial charge in [-0.2, -0.15) is 12.6 Å². The van der Waals surface area contributed by atoms with Gasteiger partial charge < -0.3 is 43.4 Å². The largest absolute Gasteiger partial charge is 0.481 e. The van der Waals surface area contributed by atoms with E-state index in [9.17, 15) is 28.8 Å². The number of amides is 4. The summed E-state index contributed by atoms with van der Waals surface area (Å²) < 4.78 is 0. The van der Waals surface area contributed by atoms with Gasteiger partial charge in [-0.1, -0.05) is 6.42 Å². The Bertz CT molecular complexity index is 707. The van der Waals surface area contributed by atoms with Crippen molar-refractivity contribution < 1.29 is 39.0 Å². The van der Waals surface area contributed by atoms with Crippen LogP contribution in [0.25, 0.3) is 0 Å². The lowest BCUT2D eigenvalue weighted by Gasteiger charge is -2.23. The van der Waals surface area contributed by atoms with Gasteiger partial charge in [0.15, 0.2) is 0 Å². The van der Waals surface area contributed by atoms with Crippen molar-refractivity contribution in [2.45, 2.75) is 56.3 Å². The van der Waals surface area contributed by atoms with Gasteiger partial charge in [0.25, 0.3) is 0 Å². The average molecular weight is 479 g/mol. The van der Waals surface area contributed by atoms with Crippen molar-refractivity contribution in [3.8, 4) is 0 Å². The second-order valence-electron chi connectivity index (χ2n) is 6.86. The summed E-state index contributed by atoms with van der Waals surface area (Å²) in [5.74, 6) is -7.09. The number of hydrogen-bond acceptors (Lipinski definition) is 9. The molecule has 4 amide bonds. The number of carboxylic acids is 2. The number of carbonyl (C=O) groups is 6. The first-order valence-corrected chi connectivity index (χ1v) is 10.3. The molecular formula is C17H30N6O8S. The highest BCUT2D eigenvalue weighted by Gasteiger charge is 2.32. The van der Waals surface area contributed by atoms with E-state index in [1.165, 1.54) is 0 Å². The summed E-state index contributed by atoms with van der Waals surface area (Å²) in [5.41, 5.74) is 16.2. The molecule has 0 fully saturated rings. The number of hydrogen-bond donors (Lipinski definition) is 9. The Labute approximate surface area is 189 Å². The number of nitrogens with two attached hydrogens (primary N) is 3. The van der Waals surface area contributed by atoms with Gasteiger partial charge in [0, 0.05) is 5.75 Å². The van der Waals surface area contributed by atoms with Crippen molar-refractivity contribution in [2.24, 2.45) is 17.2 Å². The molecule has 182 valence electrons. The maximum absolute atomic E-state index is 12.6. The Kier molecular flexibility index (Phi) is 13.6. The summed E-state index contributed by atoms with van der Waals surface area (Å²) in [5, 5.41) is 24.4. The predicted molar refractivity (Wildman–Crippen MR) is 114 cm³/mol. The fourth-order valence-corrected chi connectivity index (χ4v) is 2.69. The minimum Gasteiger partial charge on any atom is -0.481 e. The van der Waals surface area contributed by atoms with Crippen LogP contribution in [0.3, 0.4) is 0 Å². The molecule has 0 rings (SSSR count). The Balaban J connectivity index is 5.37. The summed E-state index contributed by atoms with van der Waals surface area (Å²) in [7, 11) is 0. The lowest BCUT2D eigenvalue weighted by Crippen LogP contribution is -2.58. The standard InChI is InChI=1S/C17H30N6O8S/c18-4-2-1-3-8(19)14(27)21-9(5-12(20)24)15(28)22-10(6-13(25)26)16(29)23-11(7-32)17(30)31/h8-11,32H,1-7,18-19H2,(H2,20,24)(H,21,27)(H,22,28)(H,23,29)(H,25,26)(H,30,31). The van der Waals surface area contributed by atoms with E-state index in [0.29, 0.717) is 19.4 Å². The number of thiol groups is 1. The van der Waals surface area contributed by atoms with Crippen LogP contribution in [0.5, 0.6) is 0 Å². The van der Waals surface area contributed by atoms with Gasteiger partial charge in [-0.15, -0.1) is 0 Å². The third-order valence-corrected chi connectivity index (χ3v) is 4.52. The number of carboxylic acid groups (broad SMARTS) is 2. The molecule has 14 nitrogen and oxygen atoms in total. The Hall–Kier alpha value is -2.91. The molecular weight excluding hydrogens is 448 g/mol. The maximum atomic E-state index is 12.6. The van der Waals surface area contributed by atoms with Gasteiger partial charge >= 0.3 is 11.9 Å². The summed E-state index contributed by atoms with van der Waals surface area (Å²) in [6, 6.07) is -5.68. The van der Waals surface area contributed by atoms with E-state index >= 15 is 0 Å². The second-order valence-corrected chi connectivity index (χ2v) is 7.23. The quantitative estimate of drug-likeness (QED) is 0.0773. The van der Waals surface area contributed by atoms with E-state index in [1.54, 1.807) is 0 Å². The molecule has 0 saturated heterocycles. The first kappa shape index (κ1) is 29.1. The highest BCUT2D eigenvalue weighted by atomic mass is 32.1. The number of carbonyl (C=O) groups excluding carboxylic acids is 4. The molecule has 0 bridgehead atoms. The molecule has 0 radical (unpaired) electrons. The highest BCUT2D eigenvalue weighted by molar-refractivity contribution is 7.80. The molecule has 0 spiro atoms. The zero-order valence-corrected chi connectivity index (χ0v) is 18.2. The number of nitrogens with one attached hydrogen (secondary N) is 3. The third kappa shape index (κ3) is 11.5. The van der Waals surface area contributed by atoms with Crippen LogP contribution in [0.4, 0.5) is 0 Å². The monoisotopic (exact) mass is 478 g/mol. The highest BCUT2D eigenvalue weighted by Crippen LogP contribution is 2.03. The number of primary amides is 1. The lowest BCUT2D eigenvalue weighted by molar-refractivity contribution is -0.143. The molecule has 0 aromatic rings. The maximum Gasteiger partial charge on any atom is 0.327 e. The van der Waals surface area contributed by atoms with Gasteiger partial charge in [0.2, 0.25) is 23.6 Å². The molecule has 0 aliphatic rings. The van der Waals surface area contributed by atoms with Crippen molar-refractivity contribution in [1.29, 1.82) is 0 Å². The summed E-state index contributed by atoms with van der Waals surface area (Å²) in [6.07, 6.45) is -0.107. The van der Waals surface area contributed by atoms with Gasteiger partial charge in [-0.05, 0) is 19.4 Å². The smallest absolute Gasteiger partial charge is 0.327 e. The van der Waals surface area contributed by atoms with E-state index in [1.807, 2.05) is 5.32 Å². The van der Waals surface area contributed by atoms with Crippen LogP contribution in [-0.4, -0.2) is 82.2 Å². The molecule has 0 aromatic carbocycles. The van der Waals surface area contributed by atoms with Crippen LogP contribution in [-0.2, 0) is 28.8 Å². The van der Waals surface area contributed by atoms with E-state index in [0.717, 1.165) is 0 Å². The molecule has 4 atom stereocenters. The number of unbranched alkanes of at least 4 members (excludes halogenated alkanes) is 1. The second kappa shape index (κ2) is 15.0. The van der Waals surface area contributed by atoms with Crippen LogP contribution >= 0.6 is 12.6 Å². The summed E-state index contributed by atoms with van der Waals surface area (Å²) >= 11 is 3.78. The van der Waals surface area contributed by atoms with Crippen LogP contribution in [0, 0.1) is 0 Å². The minimum absolute atomic E-state index is 0.262. The first-order chi connectivity index (χ1) is 14.9. The topological polar surface area (TPSA) is 257 Å². The molecule has 0 aromatic heterocycles. The normalized spacial score (nSPS) is 14.3. The molecule has 4 unspecified atom stereocenters. The summed E-state index contributed by atoms with van der Waals surface area (Å²) in [4.78, 5) is 70.6. The molecule has 15 heteroatoms. The van der Waals surface area contributed by atoms with Crippen LogP contribution in [0.15, 0.2) is 0 Å². The first-order valence-electron chi connectivity index (χ1n) is 9.63. The fourth-order valence-electron chi connectivity index (χ4n) is 2.44. The van der Waals surface area contributed by atoms with Crippen LogP contribution < -0.4 is 33.2 Å².